The van der Waals surface area contributed by atoms with Gasteiger partial charge in [0.2, 0.25) is 5.13 Å². The lowest BCUT2D eigenvalue weighted by atomic mass is 10.2. The van der Waals surface area contributed by atoms with Crippen molar-refractivity contribution in [3.05, 3.63) is 35.4 Å². The van der Waals surface area contributed by atoms with Crippen LogP contribution in [0.5, 0.6) is 0 Å². The lowest BCUT2D eigenvalue weighted by Gasteiger charge is -2.04. The van der Waals surface area contributed by atoms with E-state index in [1.807, 2.05) is 12.3 Å². The van der Waals surface area contributed by atoms with Crippen LogP contribution in [-0.4, -0.2) is 14.3 Å². The predicted octanol–water partition coefficient (Wildman–Crippen LogP) is 2.42. The summed E-state index contributed by atoms with van der Waals surface area (Å²) < 4.78 is 4.22. The molecule has 2 heterocycles. The molecule has 0 aromatic carbocycles. The summed E-state index contributed by atoms with van der Waals surface area (Å²) in [7, 11) is 0. The topological polar surface area (TPSA) is 50.7 Å². The molecule has 16 heavy (non-hydrogen) atoms. The summed E-state index contributed by atoms with van der Waals surface area (Å²) in [6.07, 6.45) is 2.68. The smallest absolute Gasteiger partial charge is 0.202 e. The van der Waals surface area contributed by atoms with Crippen molar-refractivity contribution < 1.29 is 0 Å². The summed E-state index contributed by atoms with van der Waals surface area (Å²) in [5.41, 5.74) is 2.24. The minimum Gasteiger partial charge on any atom is -0.355 e. The molecule has 0 aliphatic carbocycles. The van der Waals surface area contributed by atoms with E-state index in [9.17, 15) is 0 Å². The van der Waals surface area contributed by atoms with Gasteiger partial charge in [0, 0.05) is 24.2 Å². The molecule has 0 saturated carbocycles. The number of hydrogen-bond donors (Lipinski definition) is 1. The number of nitrogens with one attached hydrogen (secondary N) is 1. The lowest BCUT2D eigenvalue weighted by Crippen LogP contribution is -2.03. The summed E-state index contributed by atoms with van der Waals surface area (Å²) >= 11 is 1.40. The Labute approximate surface area is 98.9 Å². The highest BCUT2D eigenvalue weighted by Crippen LogP contribution is 2.13. The van der Waals surface area contributed by atoms with Crippen LogP contribution in [0.4, 0.5) is 5.13 Å². The maximum atomic E-state index is 4.34. The van der Waals surface area contributed by atoms with Gasteiger partial charge in [0.15, 0.2) is 0 Å². The average molecular weight is 234 g/mol. The molecule has 4 nitrogen and oxygen atoms in total. The Morgan fingerprint density at radius 1 is 1.44 bits per heavy atom. The molecular formula is C11H14N4S. The molecule has 0 spiro atoms. The first-order chi connectivity index (χ1) is 7.79. The molecular weight excluding hydrogens is 220 g/mol. The summed E-state index contributed by atoms with van der Waals surface area (Å²) in [4.78, 5) is 8.66. The van der Waals surface area contributed by atoms with Gasteiger partial charge >= 0.3 is 0 Å². The number of aryl methyl sites for hydroxylation is 2. The van der Waals surface area contributed by atoms with Gasteiger partial charge in [0.05, 0.1) is 12.2 Å². The average Bonchev–Trinajstić information content (AvgIpc) is 2.76. The number of pyridine rings is 1. The fourth-order valence-electron chi connectivity index (χ4n) is 1.33. The van der Waals surface area contributed by atoms with E-state index in [0.717, 1.165) is 23.1 Å². The Morgan fingerprint density at radius 2 is 2.31 bits per heavy atom. The molecule has 0 aliphatic rings. The van der Waals surface area contributed by atoms with Crippen molar-refractivity contribution in [1.29, 1.82) is 0 Å². The predicted molar refractivity (Wildman–Crippen MR) is 65.6 cm³/mol. The third-order valence-electron chi connectivity index (χ3n) is 2.31. The summed E-state index contributed by atoms with van der Waals surface area (Å²) in [5.74, 6) is 0.894. The van der Waals surface area contributed by atoms with Crippen molar-refractivity contribution in [1.82, 2.24) is 14.3 Å². The minimum atomic E-state index is 0.699. The molecule has 2 aromatic rings. The van der Waals surface area contributed by atoms with Crippen LogP contribution in [0.1, 0.15) is 24.0 Å². The number of anilines is 1. The molecule has 1 N–H and O–H groups in total. The Hall–Kier alpha value is -1.49. The first-order valence-corrected chi connectivity index (χ1v) is 6.04. The van der Waals surface area contributed by atoms with Crippen LogP contribution in [0.25, 0.3) is 0 Å². The minimum absolute atomic E-state index is 0.699. The van der Waals surface area contributed by atoms with Crippen LogP contribution in [0, 0.1) is 6.92 Å². The second-order valence-corrected chi connectivity index (χ2v) is 4.24. The van der Waals surface area contributed by atoms with Crippen molar-refractivity contribution in [3.8, 4) is 0 Å². The summed E-state index contributed by atoms with van der Waals surface area (Å²) in [5, 5.41) is 4.10. The van der Waals surface area contributed by atoms with Crippen LogP contribution in [0.15, 0.2) is 18.3 Å². The van der Waals surface area contributed by atoms with Crippen molar-refractivity contribution in [2.24, 2.45) is 0 Å². The fourth-order valence-corrected chi connectivity index (χ4v) is 1.98. The van der Waals surface area contributed by atoms with Crippen molar-refractivity contribution in [3.63, 3.8) is 0 Å². The molecule has 0 amide bonds. The number of rotatable bonds is 4. The van der Waals surface area contributed by atoms with Gasteiger partial charge in [-0.2, -0.15) is 4.37 Å². The zero-order chi connectivity index (χ0) is 11.4. The van der Waals surface area contributed by atoms with Gasteiger partial charge in [-0.1, -0.05) is 13.0 Å². The quantitative estimate of drug-likeness (QED) is 0.882. The zero-order valence-corrected chi connectivity index (χ0v) is 10.2. The van der Waals surface area contributed by atoms with Crippen LogP contribution in [0.3, 0.4) is 0 Å². The van der Waals surface area contributed by atoms with Gasteiger partial charge in [0.25, 0.3) is 0 Å². The van der Waals surface area contributed by atoms with E-state index in [4.69, 9.17) is 0 Å². The summed E-state index contributed by atoms with van der Waals surface area (Å²) in [6, 6.07) is 4.00. The molecule has 0 saturated heterocycles. The molecule has 0 bridgehead atoms. The SMILES string of the molecule is CCc1nsc(NCc2ncccc2C)n1. The van der Waals surface area contributed by atoms with Crippen molar-refractivity contribution in [2.75, 3.05) is 5.32 Å². The van der Waals surface area contributed by atoms with Crippen molar-refractivity contribution >= 4 is 16.7 Å². The molecule has 0 aliphatic heterocycles. The first-order valence-electron chi connectivity index (χ1n) is 5.26. The van der Waals surface area contributed by atoms with Gasteiger partial charge in [-0.3, -0.25) is 4.98 Å². The normalized spacial score (nSPS) is 10.4. The van der Waals surface area contributed by atoms with Crippen LogP contribution < -0.4 is 5.32 Å². The maximum Gasteiger partial charge on any atom is 0.202 e. The Bertz CT molecular complexity index is 467. The second-order valence-electron chi connectivity index (χ2n) is 3.49. The van der Waals surface area contributed by atoms with Gasteiger partial charge in [-0.15, -0.1) is 0 Å². The number of nitrogens with zero attached hydrogens (tertiary/aromatic N) is 3. The van der Waals surface area contributed by atoms with Gasteiger partial charge in [0.1, 0.15) is 5.82 Å². The van der Waals surface area contributed by atoms with Crippen LogP contribution in [-0.2, 0) is 13.0 Å². The highest BCUT2D eigenvalue weighted by atomic mass is 32.1. The lowest BCUT2D eigenvalue weighted by molar-refractivity contribution is 0.978. The monoisotopic (exact) mass is 234 g/mol. The Kier molecular flexibility index (Phi) is 3.46. The van der Waals surface area contributed by atoms with E-state index < -0.39 is 0 Å². The van der Waals surface area contributed by atoms with E-state index in [0.29, 0.717) is 6.54 Å². The molecule has 0 fully saturated rings. The molecule has 0 atom stereocenters. The van der Waals surface area contributed by atoms with Crippen LogP contribution >= 0.6 is 11.5 Å². The molecule has 2 rings (SSSR count). The van der Waals surface area contributed by atoms with E-state index in [1.165, 1.54) is 17.1 Å². The van der Waals surface area contributed by atoms with Gasteiger partial charge < -0.3 is 5.32 Å². The standard InChI is InChI=1S/C11H14N4S/c1-3-10-14-11(16-15-10)13-7-9-8(2)5-4-6-12-9/h4-6H,3,7H2,1-2H3,(H,13,14,15). The third-order valence-corrected chi connectivity index (χ3v) is 3.02. The highest BCUT2D eigenvalue weighted by molar-refractivity contribution is 7.09. The highest BCUT2D eigenvalue weighted by Gasteiger charge is 2.03. The van der Waals surface area contributed by atoms with E-state index in [2.05, 4.69) is 39.6 Å². The van der Waals surface area contributed by atoms with Gasteiger partial charge in [-0.25, -0.2) is 4.98 Å². The zero-order valence-electron chi connectivity index (χ0n) is 9.40. The van der Waals surface area contributed by atoms with E-state index >= 15 is 0 Å². The molecule has 5 heteroatoms. The number of hydrogen-bond acceptors (Lipinski definition) is 5. The summed E-state index contributed by atoms with van der Waals surface area (Å²) in [6.45, 7) is 4.81. The first kappa shape index (κ1) is 11.0. The molecule has 2 aromatic heterocycles. The van der Waals surface area contributed by atoms with Crippen molar-refractivity contribution in [2.45, 2.75) is 26.8 Å². The molecule has 84 valence electrons. The molecule has 0 unspecified atom stereocenters. The van der Waals surface area contributed by atoms with Crippen LogP contribution in [0.2, 0.25) is 0 Å². The molecule has 0 radical (unpaired) electrons. The van der Waals surface area contributed by atoms with E-state index in [1.54, 1.807) is 0 Å². The fraction of sp³-hybridized carbons (Fsp3) is 0.364. The second kappa shape index (κ2) is 5.03. The van der Waals surface area contributed by atoms with E-state index in [-0.39, 0.29) is 0 Å². The Balaban J connectivity index is 1.99. The largest absolute Gasteiger partial charge is 0.355 e. The maximum absolute atomic E-state index is 4.34. The third kappa shape index (κ3) is 2.55. The Morgan fingerprint density at radius 3 is 3.00 bits per heavy atom. The van der Waals surface area contributed by atoms with Gasteiger partial charge in [-0.05, 0) is 18.6 Å². The number of aromatic nitrogens is 3.